The second-order valence-electron chi connectivity index (χ2n) is 11.3. The third-order valence-corrected chi connectivity index (χ3v) is 8.16. The van der Waals surface area contributed by atoms with Crippen LogP contribution in [0.1, 0.15) is 48.3 Å². The van der Waals surface area contributed by atoms with E-state index >= 15 is 0 Å². The van der Waals surface area contributed by atoms with Gasteiger partial charge in [-0.05, 0) is 59.9 Å². The number of hydrogen-bond acceptors (Lipinski definition) is 7. The van der Waals surface area contributed by atoms with Crippen LogP contribution in [0, 0.1) is 0 Å². The van der Waals surface area contributed by atoms with Crippen molar-refractivity contribution in [1.29, 1.82) is 0 Å². The van der Waals surface area contributed by atoms with E-state index in [2.05, 4.69) is 44.3 Å². The van der Waals surface area contributed by atoms with Crippen LogP contribution in [0.15, 0.2) is 109 Å². The van der Waals surface area contributed by atoms with Gasteiger partial charge in [-0.25, -0.2) is 9.97 Å². The topological polar surface area (TPSA) is 90.0 Å². The summed E-state index contributed by atoms with van der Waals surface area (Å²) >= 11 is 0. The maximum atomic E-state index is 13.4. The van der Waals surface area contributed by atoms with Gasteiger partial charge in [0.05, 0.1) is 0 Å². The molecule has 2 aromatic carbocycles. The lowest BCUT2D eigenvalue weighted by atomic mass is 10.1. The highest BCUT2D eigenvalue weighted by molar-refractivity contribution is 6.07. The van der Waals surface area contributed by atoms with E-state index in [1.807, 2.05) is 60.7 Å². The summed E-state index contributed by atoms with van der Waals surface area (Å²) in [6.07, 6.45) is 8.25. The first-order valence-electron chi connectivity index (χ1n) is 15.6. The minimum absolute atomic E-state index is 0.117. The maximum Gasteiger partial charge on any atom is 0.272 e. The molecule has 2 fully saturated rings. The molecule has 232 valence electrons. The summed E-state index contributed by atoms with van der Waals surface area (Å²) in [5, 5.41) is 0. The molecule has 9 nitrogen and oxygen atoms in total. The Kier molecular flexibility index (Phi) is 9.58. The smallest absolute Gasteiger partial charge is 0.272 e. The normalized spacial score (nSPS) is 15.5. The van der Waals surface area contributed by atoms with Crippen molar-refractivity contribution in [3.8, 4) is 0 Å². The van der Waals surface area contributed by atoms with Gasteiger partial charge in [-0.3, -0.25) is 14.4 Å². The Hall–Kier alpha value is -5.57. The van der Waals surface area contributed by atoms with Crippen molar-refractivity contribution in [1.82, 2.24) is 29.6 Å². The van der Waals surface area contributed by atoms with Crippen LogP contribution in [0.4, 0.5) is 0 Å². The van der Waals surface area contributed by atoms with Crippen molar-refractivity contribution >= 4 is 29.7 Å². The van der Waals surface area contributed by atoms with Crippen LogP contribution >= 0.6 is 0 Å². The van der Waals surface area contributed by atoms with Crippen LogP contribution < -0.4 is 0 Å². The molecule has 2 aromatic heterocycles. The third kappa shape index (κ3) is 7.55. The van der Waals surface area contributed by atoms with E-state index in [1.54, 1.807) is 46.2 Å². The first-order valence-corrected chi connectivity index (χ1v) is 15.6. The predicted octanol–water partition coefficient (Wildman–Crippen LogP) is 4.57. The molecule has 0 unspecified atom stereocenters. The van der Waals surface area contributed by atoms with E-state index in [0.717, 1.165) is 11.1 Å². The van der Waals surface area contributed by atoms with Gasteiger partial charge < -0.3 is 19.6 Å². The Balaban J connectivity index is 1.04. The molecule has 2 amide bonds. The monoisotopic (exact) mass is 612 g/mol. The van der Waals surface area contributed by atoms with Gasteiger partial charge in [0.15, 0.2) is 0 Å². The number of carbonyl (C=O) groups is 3. The zero-order valence-corrected chi connectivity index (χ0v) is 25.6. The Bertz CT molecular complexity index is 1600. The van der Waals surface area contributed by atoms with Gasteiger partial charge in [0, 0.05) is 52.4 Å². The van der Waals surface area contributed by atoms with Crippen LogP contribution in [-0.2, 0) is 0 Å². The number of nitrogens with zero attached hydrogens (tertiary/aromatic N) is 6. The van der Waals surface area contributed by atoms with Crippen LogP contribution in [0.25, 0.3) is 12.2 Å². The molecule has 0 spiro atoms. The minimum atomic E-state index is -0.434. The number of benzene rings is 2. The fraction of sp³-hybridized carbons (Fsp3) is 0.216. The zero-order valence-electron chi connectivity index (χ0n) is 25.6. The van der Waals surface area contributed by atoms with Crippen LogP contribution in [-0.4, -0.2) is 99.5 Å². The largest absolute Gasteiger partial charge is 0.374 e. The second-order valence-corrected chi connectivity index (χ2v) is 11.3. The molecular formula is C37H36N6O3. The molecule has 2 saturated heterocycles. The molecule has 0 aliphatic carbocycles. The molecule has 6 rings (SSSR count). The number of pyridine rings is 2. The number of hydrogen-bond donors (Lipinski definition) is 0. The Morgan fingerprint density at radius 1 is 0.457 bits per heavy atom. The first-order chi connectivity index (χ1) is 22.5. The van der Waals surface area contributed by atoms with E-state index in [9.17, 15) is 14.4 Å². The van der Waals surface area contributed by atoms with Gasteiger partial charge in [0.1, 0.15) is 22.8 Å². The summed E-state index contributed by atoms with van der Waals surface area (Å²) in [5.74, 6) is -0.858. The van der Waals surface area contributed by atoms with Crippen molar-refractivity contribution in [2.45, 2.75) is 0 Å². The van der Waals surface area contributed by atoms with E-state index in [0.29, 0.717) is 52.4 Å². The lowest BCUT2D eigenvalue weighted by Gasteiger charge is -2.34. The predicted molar refractivity (Wildman–Crippen MR) is 178 cm³/mol. The summed E-state index contributed by atoms with van der Waals surface area (Å²) in [6.45, 7) is 5.05. The van der Waals surface area contributed by atoms with Gasteiger partial charge in [0.2, 0.25) is 5.78 Å². The molecule has 46 heavy (non-hydrogen) atoms. The Labute approximate surface area is 269 Å². The quantitative estimate of drug-likeness (QED) is 0.270. The van der Waals surface area contributed by atoms with Crippen molar-refractivity contribution in [2.75, 3.05) is 52.4 Å². The van der Waals surface area contributed by atoms with Crippen molar-refractivity contribution in [3.05, 3.63) is 143 Å². The highest BCUT2D eigenvalue weighted by Crippen LogP contribution is 2.14. The number of piperazine rings is 2. The Morgan fingerprint density at radius 3 is 1.22 bits per heavy atom. The standard InChI is InChI=1S/C37H36N6O3/c44-35(31-13-7-15-33(38-31)36(45)42-25-21-40(22-26-42)19-17-29-9-3-1-4-10-29)32-14-8-16-34(39-32)37(46)43-27-23-41(24-28-43)20-18-30-11-5-2-6-12-30/h1-20H,21-28H2. The maximum absolute atomic E-state index is 13.4. The zero-order chi connectivity index (χ0) is 31.7. The highest BCUT2D eigenvalue weighted by Gasteiger charge is 2.25. The van der Waals surface area contributed by atoms with Gasteiger partial charge in [0.25, 0.3) is 11.8 Å². The summed E-state index contributed by atoms with van der Waals surface area (Å²) in [6, 6.07) is 29.9. The molecule has 0 saturated carbocycles. The summed E-state index contributed by atoms with van der Waals surface area (Å²) in [4.78, 5) is 56.7. The van der Waals surface area contributed by atoms with Gasteiger partial charge >= 0.3 is 0 Å². The van der Waals surface area contributed by atoms with Crippen LogP contribution in [0.2, 0.25) is 0 Å². The number of rotatable bonds is 8. The molecule has 0 N–H and O–H groups in total. The second kappa shape index (κ2) is 14.5. The van der Waals surface area contributed by atoms with Crippen LogP contribution in [0.5, 0.6) is 0 Å². The molecule has 2 aliphatic heterocycles. The summed E-state index contributed by atoms with van der Waals surface area (Å²) < 4.78 is 0. The van der Waals surface area contributed by atoms with Crippen molar-refractivity contribution in [2.24, 2.45) is 0 Å². The molecule has 9 heteroatoms. The molecule has 0 bridgehead atoms. The molecule has 2 aliphatic rings. The Morgan fingerprint density at radius 2 is 0.826 bits per heavy atom. The number of carbonyl (C=O) groups excluding carboxylic acids is 3. The van der Waals surface area contributed by atoms with Gasteiger partial charge in [-0.2, -0.15) is 0 Å². The molecule has 0 atom stereocenters. The number of aromatic nitrogens is 2. The first kappa shape index (κ1) is 30.5. The highest BCUT2D eigenvalue weighted by atomic mass is 16.2. The molecular weight excluding hydrogens is 576 g/mol. The van der Waals surface area contributed by atoms with E-state index in [4.69, 9.17) is 0 Å². The van der Waals surface area contributed by atoms with Gasteiger partial charge in [-0.15, -0.1) is 0 Å². The number of ketones is 1. The minimum Gasteiger partial charge on any atom is -0.374 e. The third-order valence-electron chi connectivity index (χ3n) is 8.16. The fourth-order valence-electron chi connectivity index (χ4n) is 5.48. The molecule has 0 radical (unpaired) electrons. The fourth-order valence-corrected chi connectivity index (χ4v) is 5.48. The summed E-state index contributed by atoms with van der Waals surface area (Å²) in [7, 11) is 0. The van der Waals surface area contributed by atoms with Crippen LogP contribution in [0.3, 0.4) is 0 Å². The van der Waals surface area contributed by atoms with Crippen molar-refractivity contribution < 1.29 is 14.4 Å². The SMILES string of the molecule is O=C(c1cccc(C(=O)N2CCN(C=Cc3ccccc3)CC2)n1)c1cccc(C(=O)N2CCN(C=Cc3ccccc3)CC2)n1. The lowest BCUT2D eigenvalue weighted by Crippen LogP contribution is -2.47. The van der Waals surface area contributed by atoms with E-state index in [1.165, 1.54) is 0 Å². The molecule has 4 aromatic rings. The average molecular weight is 613 g/mol. The molecule has 4 heterocycles. The van der Waals surface area contributed by atoms with E-state index in [-0.39, 0.29) is 34.6 Å². The van der Waals surface area contributed by atoms with Crippen molar-refractivity contribution in [3.63, 3.8) is 0 Å². The lowest BCUT2D eigenvalue weighted by molar-refractivity contribution is 0.0667. The van der Waals surface area contributed by atoms with Gasteiger partial charge in [-0.1, -0.05) is 72.8 Å². The average Bonchev–Trinajstić information content (AvgIpc) is 3.13. The summed E-state index contributed by atoms with van der Waals surface area (Å²) in [5.41, 5.74) is 2.91. The number of amides is 2. The van der Waals surface area contributed by atoms with E-state index < -0.39 is 5.78 Å².